The van der Waals surface area contributed by atoms with Crippen molar-refractivity contribution >= 4 is 23.5 Å². The lowest BCUT2D eigenvalue weighted by Crippen LogP contribution is -2.35. The van der Waals surface area contributed by atoms with Gasteiger partial charge in [0.2, 0.25) is 0 Å². The molecule has 4 rings (SSSR count). The number of carbonyl (C=O) groups is 2. The Morgan fingerprint density at radius 1 is 0.935 bits per heavy atom. The van der Waals surface area contributed by atoms with Crippen LogP contribution in [0.1, 0.15) is 48.3 Å². The van der Waals surface area contributed by atoms with Gasteiger partial charge in [-0.15, -0.1) is 0 Å². The Labute approximate surface area is 273 Å². The Balaban J connectivity index is 1.68. The maximum absolute atomic E-state index is 14.1. The van der Waals surface area contributed by atoms with Crippen molar-refractivity contribution in [3.63, 3.8) is 0 Å². The number of aliphatic hydroxyl groups excluding tert-OH is 2. The number of hydrogen-bond donors (Lipinski definition) is 3. The van der Waals surface area contributed by atoms with Gasteiger partial charge in [-0.1, -0.05) is 84.4 Å². The first-order valence-corrected chi connectivity index (χ1v) is 15.4. The topological polar surface area (TPSA) is 138 Å². The van der Waals surface area contributed by atoms with Gasteiger partial charge in [-0.3, -0.25) is 0 Å². The van der Waals surface area contributed by atoms with Gasteiger partial charge in [-0.05, 0) is 42.2 Å². The maximum Gasteiger partial charge on any atom is 0.336 e. The Bertz CT molecular complexity index is 1550. The molecule has 0 aromatic heterocycles. The maximum atomic E-state index is 14.1. The molecule has 1 heterocycles. The fourth-order valence-corrected chi connectivity index (χ4v) is 5.60. The van der Waals surface area contributed by atoms with Crippen molar-refractivity contribution in [1.29, 1.82) is 5.26 Å². The zero-order chi connectivity index (χ0) is 32.9. The number of hydrogen-bond acceptors (Lipinski definition) is 9. The molecule has 2 atom stereocenters. The first kappa shape index (κ1) is 34.4. The van der Waals surface area contributed by atoms with Gasteiger partial charge in [-0.2, -0.15) is 5.26 Å². The molecule has 240 valence electrons. The summed E-state index contributed by atoms with van der Waals surface area (Å²) in [6.07, 6.45) is -0.609. The highest BCUT2D eigenvalue weighted by Gasteiger charge is 2.39. The van der Waals surface area contributed by atoms with E-state index in [1.165, 1.54) is 0 Å². The van der Waals surface area contributed by atoms with Crippen molar-refractivity contribution < 1.29 is 34.0 Å². The molecule has 9 nitrogen and oxygen atoms in total. The second-order valence-corrected chi connectivity index (χ2v) is 11.2. The Hall–Kier alpha value is -4.46. The van der Waals surface area contributed by atoms with Crippen molar-refractivity contribution in [2.45, 2.75) is 37.7 Å². The summed E-state index contributed by atoms with van der Waals surface area (Å²) in [5.41, 5.74) is 3.74. The van der Waals surface area contributed by atoms with Crippen LogP contribution in [0.4, 0.5) is 0 Å². The van der Waals surface area contributed by atoms with Crippen LogP contribution in [-0.4, -0.2) is 61.3 Å². The van der Waals surface area contributed by atoms with E-state index in [1.807, 2.05) is 66.7 Å². The molecule has 46 heavy (non-hydrogen) atoms. The second-order valence-electron chi connectivity index (χ2n) is 10.7. The summed E-state index contributed by atoms with van der Waals surface area (Å²) in [5.74, 6) is -2.34. The third kappa shape index (κ3) is 9.05. The Kier molecular flexibility index (Phi) is 12.9. The molecule has 0 radical (unpaired) electrons. The summed E-state index contributed by atoms with van der Waals surface area (Å²) in [4.78, 5) is 27.6. The number of allylic oxidation sites excluding steroid dienone is 1. The first-order valence-electron chi connectivity index (χ1n) is 15.0. The first-order chi connectivity index (χ1) is 22.3. The normalized spacial score (nSPS) is 15.3. The smallest absolute Gasteiger partial charge is 0.336 e. The molecule has 3 aromatic rings. The van der Waals surface area contributed by atoms with Crippen molar-refractivity contribution in [2.24, 2.45) is 0 Å². The molecule has 0 saturated heterocycles. The number of aliphatic hydroxyl groups is 2. The van der Waals surface area contributed by atoms with E-state index in [2.05, 4.69) is 5.32 Å². The number of nitriles is 1. The zero-order valence-electron chi connectivity index (χ0n) is 25.5. The fourth-order valence-electron chi connectivity index (χ4n) is 5.40. The van der Waals surface area contributed by atoms with Crippen molar-refractivity contribution in [3.8, 4) is 6.07 Å². The summed E-state index contributed by atoms with van der Waals surface area (Å²) < 4.78 is 17.0. The molecule has 3 aromatic carbocycles. The lowest BCUT2D eigenvalue weighted by molar-refractivity contribution is -0.140. The number of benzene rings is 3. The Morgan fingerprint density at radius 3 is 2.17 bits per heavy atom. The van der Waals surface area contributed by atoms with Gasteiger partial charge >= 0.3 is 11.9 Å². The van der Waals surface area contributed by atoms with E-state index < -0.39 is 30.6 Å². The molecule has 2 unspecified atom stereocenters. The van der Waals surface area contributed by atoms with Gasteiger partial charge in [0.25, 0.3) is 0 Å². The van der Waals surface area contributed by atoms with Crippen LogP contribution in [0.15, 0.2) is 107 Å². The van der Waals surface area contributed by atoms with Crippen molar-refractivity contribution in [1.82, 2.24) is 5.32 Å². The molecule has 0 spiro atoms. The predicted molar refractivity (Wildman–Crippen MR) is 172 cm³/mol. The number of nitrogens with zero attached hydrogens (tertiary/aromatic N) is 1. The lowest BCUT2D eigenvalue weighted by Gasteiger charge is -2.32. The molecule has 1 aliphatic rings. The minimum atomic E-state index is -1.11. The van der Waals surface area contributed by atoms with Crippen LogP contribution in [0.2, 0.25) is 5.02 Å². The highest BCUT2D eigenvalue weighted by Crippen LogP contribution is 2.40. The number of dihydropyridines is 1. The van der Waals surface area contributed by atoms with Gasteiger partial charge < -0.3 is 29.7 Å². The van der Waals surface area contributed by atoms with E-state index in [0.717, 1.165) is 11.1 Å². The molecule has 1 aliphatic heterocycles. The molecule has 0 amide bonds. The summed E-state index contributed by atoms with van der Waals surface area (Å²) in [6.45, 7) is 0.798. The third-order valence-electron chi connectivity index (χ3n) is 7.52. The van der Waals surface area contributed by atoms with Crippen LogP contribution in [0.3, 0.4) is 0 Å². The van der Waals surface area contributed by atoms with Crippen molar-refractivity contribution in [2.75, 3.05) is 33.0 Å². The summed E-state index contributed by atoms with van der Waals surface area (Å²) >= 11 is 6.37. The van der Waals surface area contributed by atoms with Crippen LogP contribution >= 0.6 is 11.6 Å². The van der Waals surface area contributed by atoms with Crippen molar-refractivity contribution in [3.05, 3.63) is 129 Å². The molecule has 0 saturated carbocycles. The summed E-state index contributed by atoms with van der Waals surface area (Å²) in [5, 5.41) is 31.6. The van der Waals surface area contributed by atoms with Crippen LogP contribution in [0.25, 0.3) is 0 Å². The predicted octanol–water partition coefficient (Wildman–Crippen LogP) is 5.15. The lowest BCUT2D eigenvalue weighted by atomic mass is 9.80. The van der Waals surface area contributed by atoms with E-state index >= 15 is 0 Å². The van der Waals surface area contributed by atoms with E-state index in [0.29, 0.717) is 28.4 Å². The largest absolute Gasteiger partial charge is 0.462 e. The van der Waals surface area contributed by atoms with Crippen LogP contribution in [0, 0.1) is 11.3 Å². The van der Waals surface area contributed by atoms with Gasteiger partial charge in [0.1, 0.15) is 12.7 Å². The number of carbonyl (C=O) groups excluding carboxylic acids is 2. The SMILES string of the molecule is CC1=C(C(=O)OCCC#N)C(c2cccc(Cl)c2)C(C(=O)OCCC(c2ccccc2)c2ccccc2)=C(COCC(O)CO)N1. The average Bonchev–Trinajstić information content (AvgIpc) is 3.07. The minimum absolute atomic E-state index is 0.00827. The van der Waals surface area contributed by atoms with Gasteiger partial charge in [0.05, 0.1) is 61.7 Å². The monoisotopic (exact) mass is 644 g/mol. The van der Waals surface area contributed by atoms with Gasteiger partial charge in [-0.25, -0.2) is 9.59 Å². The van der Waals surface area contributed by atoms with Gasteiger partial charge in [0, 0.05) is 16.6 Å². The number of rotatable bonds is 15. The zero-order valence-corrected chi connectivity index (χ0v) is 26.3. The van der Waals surface area contributed by atoms with Crippen LogP contribution in [-0.2, 0) is 23.8 Å². The van der Waals surface area contributed by atoms with Crippen LogP contribution < -0.4 is 5.32 Å². The summed E-state index contributed by atoms with van der Waals surface area (Å²) in [7, 11) is 0. The molecule has 0 bridgehead atoms. The molecule has 0 fully saturated rings. The standard InChI is InChI=1S/C36H37ClN2O7/c1-24-32(35(42)45-18-9-17-38)33(27-14-8-15-28(37)20-27)34(31(39-24)23-44-22-29(41)21-40)36(43)46-19-16-30(25-10-4-2-5-11-25)26-12-6-3-7-13-26/h2-8,10-15,20,29-30,33,39-41H,9,16,18-19,21-23H2,1H3. The number of ether oxygens (including phenoxy) is 3. The molecule has 10 heteroatoms. The number of halogens is 1. The van der Waals surface area contributed by atoms with Crippen LogP contribution in [0.5, 0.6) is 0 Å². The van der Waals surface area contributed by atoms with E-state index in [9.17, 15) is 19.8 Å². The average molecular weight is 645 g/mol. The molecular weight excluding hydrogens is 608 g/mol. The molecule has 0 aliphatic carbocycles. The second kappa shape index (κ2) is 17.3. The van der Waals surface area contributed by atoms with Gasteiger partial charge in [0.15, 0.2) is 0 Å². The highest BCUT2D eigenvalue weighted by atomic mass is 35.5. The third-order valence-corrected chi connectivity index (χ3v) is 7.76. The minimum Gasteiger partial charge on any atom is -0.462 e. The Morgan fingerprint density at radius 2 is 1.57 bits per heavy atom. The summed E-state index contributed by atoms with van der Waals surface area (Å²) in [6, 6.07) is 28.7. The highest BCUT2D eigenvalue weighted by molar-refractivity contribution is 6.30. The molecular formula is C36H37ClN2O7. The fraction of sp³-hybridized carbons (Fsp3) is 0.306. The van der Waals surface area contributed by atoms with E-state index in [-0.39, 0.29) is 49.9 Å². The molecule has 3 N–H and O–H groups in total. The van der Waals surface area contributed by atoms with E-state index in [4.69, 9.17) is 31.1 Å². The quantitative estimate of drug-likeness (QED) is 0.152. The van der Waals surface area contributed by atoms with E-state index in [1.54, 1.807) is 31.2 Å². The number of esters is 2. The number of nitrogens with one attached hydrogen (secondary N) is 1.